The molecule has 5 aliphatic rings. The number of thioether (sulfide) groups is 1. The van der Waals surface area contributed by atoms with Gasteiger partial charge in [0.1, 0.15) is 43.9 Å². The molecule has 5 N–H and O–H groups in total. The molecule has 0 atom stereocenters. The number of amides is 1. The van der Waals surface area contributed by atoms with Crippen LogP contribution in [0.15, 0.2) is 304 Å². The summed E-state index contributed by atoms with van der Waals surface area (Å²) in [4.78, 5) is 64.4. The van der Waals surface area contributed by atoms with Crippen LogP contribution >= 0.6 is 35.3 Å². The monoisotopic (exact) mass is 2780 g/mol. The van der Waals surface area contributed by atoms with Crippen molar-refractivity contribution in [3.63, 3.8) is 0 Å². The van der Waals surface area contributed by atoms with Crippen molar-refractivity contribution in [2.75, 3.05) is 26.0 Å². The number of hydrogen-bond acceptors (Lipinski definition) is 19. The standard InChI is InChI=1S/C18H14.C16H9N2O8S2.C16H10N2O2.C16H12.C14H12N3S.C13H12N2OS2.2CH3.ClH.12Y/c1(5-11-17-13-7-3-8-14-17)2-6-12-18-15-9-4-10-16-18;19-15-9-5-7(26-27(21)22)1-3-11(9)17-13(15)14-16(20)10-6-8(28(23,24)25)2-4-12(10)18-14;19-15-9-5-1-3-7-11(9)17-13(15)14-16(20)10-6-2-4-8-12(10)18-14;1-3-9-15(10-4-1)13-7-8-14-16-11-5-2-6-12-16;1-15-9-3-5-11-13(7-9)18-14-8-10(16-2)4-6-12(14)17-11;1-14(2)10-6-4-9(5-7-10)8-11-12(16)15(3)13(17)18-11;;;;;;;;;;;;;;;/h1-2,5-16H;1-6,18,20H,(H,23,24,25);1-8,17,19H;3-14H;3-8H,1-2H3;4-8H,1,3H2,2H3;2*1H3;1H;;;;;;;;;;;;/q-2;-1;;-2;-1;-2;2*-1;;;;;;;;;;;;;/p-1/b2-1+,11-5+,12-6+;;;13-7+,14-8+;;11-8-;;;;;;;;;;;;;;;. The van der Waals surface area contributed by atoms with Crippen molar-refractivity contribution in [3.05, 3.63) is 398 Å². The number of halogens is 1. The third kappa shape index (κ3) is 40.6. The van der Waals surface area contributed by atoms with E-state index in [0.717, 1.165) is 60.7 Å². The molecule has 0 spiro atoms. The number of thiocarbonyl (C=S) groups is 1. The Morgan fingerprint density at radius 1 is 0.556 bits per heavy atom. The van der Waals surface area contributed by atoms with Gasteiger partial charge in [0.2, 0.25) is 17.5 Å². The number of Topliss-reactive ketones (excluding diaryl/α,β-unsaturated/α-hetero) is 2. The van der Waals surface area contributed by atoms with Crippen LogP contribution < -0.4 is 26.8 Å². The number of para-hydroxylation sites is 2. The van der Waals surface area contributed by atoms with Crippen LogP contribution in [-0.4, -0.2) is 97.4 Å². The average molecular weight is 2780 g/mol. The molecular formula is C95H75ClN9O11S5Y12-11. The summed E-state index contributed by atoms with van der Waals surface area (Å²) in [6.45, 7) is 0. The number of rotatable bonds is 15. The first kappa shape index (κ1) is 139. The Kier molecular flexibility index (Phi) is 73.7. The number of H-pyrrole nitrogens is 2. The average Bonchev–Trinajstić information content (AvgIpc) is 1.63. The van der Waals surface area contributed by atoms with E-state index in [1.807, 2.05) is 219 Å². The van der Waals surface area contributed by atoms with Gasteiger partial charge >= 0.3 is 0 Å². The molecule has 12 radical (unpaired) electrons. The summed E-state index contributed by atoms with van der Waals surface area (Å²) in [5, 5.41) is 26.7. The Morgan fingerprint density at radius 3 is 1.48 bits per heavy atom. The number of hydrogen-bond donors (Lipinski definition) is 5. The van der Waals surface area contributed by atoms with Crippen LogP contribution in [0, 0.1) is 53.2 Å². The van der Waals surface area contributed by atoms with Gasteiger partial charge < -0.3 is 75.2 Å². The van der Waals surface area contributed by atoms with Gasteiger partial charge in [0.05, 0.1) is 52.9 Å². The van der Waals surface area contributed by atoms with E-state index in [1.54, 1.807) is 54.6 Å². The van der Waals surface area contributed by atoms with Gasteiger partial charge in [-0.2, -0.15) is 130 Å². The van der Waals surface area contributed by atoms with Crippen molar-refractivity contribution in [2.45, 2.75) is 4.90 Å². The summed E-state index contributed by atoms with van der Waals surface area (Å²) in [7, 11) is 5.59. The van der Waals surface area contributed by atoms with Gasteiger partial charge in [-0.1, -0.05) is 133 Å². The number of aromatic amines is 2. The summed E-state index contributed by atoms with van der Waals surface area (Å²) in [6.07, 6.45) is 22.2. The SMILES string of the molecule is CN=c1ccc2nc3ccc([N-]C)cc3sc-2c1.O=C1C(c2[nH]c3ccc(S(=O)(=O)O)cc3c2O)=Nc2ccc(O[S-](=O)=O)cc21.O=C1C(c2[nH]c3ccccc3c2O)=Nc2ccccc21.[CH2-]N1C(=O)/C(=C/c2ccc(N([CH2-])C)cc2)SC1=S.[CH3-].[CH3-].[Cl-].[Y].[Y].[Y].[Y].[Y].[Y].[Y].[Y].[Y].[Y].[Y].[Y].[c-]1ccc(/C=C/C=C/C=C/c2cc[c-]cc2)cc1.[c-]1ccc(/C=C/C=C/c2cc[c-]cc2)cc1. The number of aliphatic imine (C=N–C) groups is 2. The van der Waals surface area contributed by atoms with Crippen molar-refractivity contribution < 1.29 is 455 Å². The molecule has 10 aromatic carbocycles. The summed E-state index contributed by atoms with van der Waals surface area (Å²) >= 11 is 8.02. The number of fused-ring (bicyclic) bond motifs is 6. The molecule has 1 saturated heterocycles. The minimum absolute atomic E-state index is 0. The van der Waals surface area contributed by atoms with E-state index in [2.05, 4.69) is 114 Å². The fraction of sp³-hybridized carbons (Fsp3) is 0.0316. The Labute approximate surface area is 1100 Å². The normalized spacial score (nSPS) is 11.9. The molecule has 12 aromatic rings. The van der Waals surface area contributed by atoms with E-state index in [0.29, 0.717) is 37.1 Å². The zero-order chi connectivity index (χ0) is 83.2. The van der Waals surface area contributed by atoms with E-state index >= 15 is 0 Å². The molecule has 1 fully saturated rings. The second-order valence-corrected chi connectivity index (χ2v) is 30.3. The zero-order valence-corrected chi connectivity index (χ0v) is 111. The Bertz CT molecular complexity index is 6510. The van der Waals surface area contributed by atoms with E-state index < -0.39 is 37.5 Å². The number of aromatic hydroxyl groups is 2. The molecule has 0 unspecified atom stereocenters. The zero-order valence-electron chi connectivity index (χ0n) is 72.4. The van der Waals surface area contributed by atoms with Gasteiger partial charge in [-0.25, -0.2) is 22.0 Å². The van der Waals surface area contributed by atoms with Crippen molar-refractivity contribution in [2.24, 2.45) is 15.0 Å². The van der Waals surface area contributed by atoms with Gasteiger partial charge in [0.15, 0.2) is 11.5 Å². The van der Waals surface area contributed by atoms with E-state index in [9.17, 15) is 41.4 Å². The van der Waals surface area contributed by atoms with Gasteiger partial charge in [-0.3, -0.25) is 31.0 Å². The van der Waals surface area contributed by atoms with Crippen molar-refractivity contribution in [1.29, 1.82) is 0 Å². The van der Waals surface area contributed by atoms with E-state index in [4.69, 9.17) is 16.8 Å². The minimum Gasteiger partial charge on any atom is -1.00 e. The molecule has 2 aromatic heterocycles. The molecule has 650 valence electrons. The first-order valence-corrected chi connectivity index (χ1v) is 40.3. The molecule has 0 saturated carbocycles. The fourth-order valence-electron chi connectivity index (χ4n) is 11.6. The van der Waals surface area contributed by atoms with Gasteiger partial charge in [0.25, 0.3) is 10.1 Å². The second-order valence-electron chi connectivity index (χ2n) is 25.5. The van der Waals surface area contributed by atoms with Crippen LogP contribution in [0.1, 0.15) is 59.9 Å². The molecule has 20 nitrogen and oxygen atoms in total. The van der Waals surface area contributed by atoms with Gasteiger partial charge in [-0.15, -0.1) is 46.3 Å². The van der Waals surface area contributed by atoms with Crippen LogP contribution in [0.2, 0.25) is 0 Å². The number of nitrogens with zero attached hydrogens (tertiary/aromatic N) is 7. The summed E-state index contributed by atoms with van der Waals surface area (Å²) < 4.78 is 59.2. The maximum atomic E-state index is 12.7. The minimum atomic E-state index is -4.48. The fourth-order valence-corrected chi connectivity index (χ4v) is 14.5. The number of carbonyl (C=O) groups is 3. The molecule has 1 aliphatic carbocycles. The number of nitrogens with one attached hydrogen (secondary N) is 2. The Morgan fingerprint density at radius 2 is 1.02 bits per heavy atom. The third-order valence-corrected chi connectivity index (χ3v) is 21.2. The maximum absolute atomic E-state index is 12.7. The van der Waals surface area contributed by atoms with Crippen LogP contribution in [0.25, 0.3) is 78.3 Å². The number of carbonyl (C=O) groups excluding carboxylic acids is 3. The Balaban J connectivity index is -0.000000741. The predicted molar refractivity (Wildman–Crippen MR) is 490 cm³/mol. The summed E-state index contributed by atoms with van der Waals surface area (Å²) in [6, 6.07) is 85.4. The Hall–Kier alpha value is -0.253. The number of aromatic nitrogens is 3. The number of ketones is 2. The smallest absolute Gasteiger partial charge is 0.294 e. The number of benzene rings is 11. The first-order chi connectivity index (χ1) is 57.1. The summed E-state index contributed by atoms with van der Waals surface area (Å²) in [5.74, 6) is -1.33. The van der Waals surface area contributed by atoms with Crippen LogP contribution in [-0.2, 0) is 427 Å². The molecule has 6 heterocycles. The van der Waals surface area contributed by atoms with Crippen LogP contribution in [0.4, 0.5) is 22.7 Å². The van der Waals surface area contributed by atoms with E-state index in [-0.39, 0.29) is 477 Å². The summed E-state index contributed by atoms with van der Waals surface area (Å²) in [5.41, 5.74) is 12.8. The van der Waals surface area contributed by atoms with E-state index in [1.165, 1.54) is 63.2 Å². The third-order valence-electron chi connectivity index (χ3n) is 17.6. The molecule has 0 bridgehead atoms. The maximum Gasteiger partial charge on any atom is 0.294 e. The quantitative estimate of drug-likeness (QED) is 0.0121. The number of anilines is 1. The molecule has 38 heteroatoms. The van der Waals surface area contributed by atoms with Crippen LogP contribution in [0.3, 0.4) is 0 Å². The molecule has 17 rings (SSSR count). The van der Waals surface area contributed by atoms with Gasteiger partial charge in [0, 0.05) is 433 Å². The molecule has 133 heavy (non-hydrogen) atoms. The van der Waals surface area contributed by atoms with Crippen molar-refractivity contribution >= 4 is 175 Å². The predicted octanol–water partition coefficient (Wildman–Crippen LogP) is 18.2. The topological polar surface area (TPSA) is 292 Å². The number of allylic oxidation sites excluding steroid dienone is 6. The largest absolute Gasteiger partial charge is 1.00 e. The van der Waals surface area contributed by atoms with Crippen LogP contribution in [0.5, 0.6) is 17.2 Å². The molecule has 4 aliphatic heterocycles. The van der Waals surface area contributed by atoms with Gasteiger partial charge in [-0.05, 0) is 116 Å². The first-order valence-electron chi connectivity index (χ1n) is 35.8. The molecule has 1 amide bonds. The van der Waals surface area contributed by atoms with Crippen molar-refractivity contribution in [3.8, 4) is 27.8 Å². The molecular weight excluding hydrogens is 2710 g/mol. The second kappa shape index (κ2) is 70.5. The van der Waals surface area contributed by atoms with Crippen molar-refractivity contribution in [1.82, 2.24) is 19.9 Å².